The normalized spacial score (nSPS) is 14.5. The predicted octanol–water partition coefficient (Wildman–Crippen LogP) is 5.83. The number of terminal acetylenes is 1. The fraction of sp³-hybridized carbons (Fsp3) is 0.579. The Kier molecular flexibility index (Phi) is 6.38. The molecule has 22 heavy (non-hydrogen) atoms. The van der Waals surface area contributed by atoms with Crippen LogP contribution in [0.2, 0.25) is 18.1 Å². The van der Waals surface area contributed by atoms with Crippen molar-refractivity contribution in [3.05, 3.63) is 30.3 Å². The molecule has 0 aliphatic heterocycles. The van der Waals surface area contributed by atoms with Crippen LogP contribution in [0.5, 0.6) is 0 Å². The summed E-state index contributed by atoms with van der Waals surface area (Å²) in [6.07, 6.45) is 5.67. The van der Waals surface area contributed by atoms with Gasteiger partial charge in [0, 0.05) is 16.1 Å². The summed E-state index contributed by atoms with van der Waals surface area (Å²) >= 11 is 1.84. The summed E-state index contributed by atoms with van der Waals surface area (Å²) in [5.41, 5.74) is -0.0647. The Hall–Kier alpha value is -0.693. The highest BCUT2D eigenvalue weighted by Crippen LogP contribution is 2.40. The van der Waals surface area contributed by atoms with Crippen LogP contribution in [-0.4, -0.2) is 20.2 Å². The molecule has 0 spiro atoms. The first kappa shape index (κ1) is 19.4. The van der Waals surface area contributed by atoms with Gasteiger partial charge in [-0.3, -0.25) is 0 Å². The van der Waals surface area contributed by atoms with Crippen LogP contribution in [0.4, 0.5) is 0 Å². The van der Waals surface area contributed by atoms with Gasteiger partial charge in [0.15, 0.2) is 8.32 Å². The van der Waals surface area contributed by atoms with Crippen LogP contribution in [0, 0.1) is 17.8 Å². The van der Waals surface area contributed by atoms with E-state index in [0.29, 0.717) is 0 Å². The zero-order valence-electron chi connectivity index (χ0n) is 15.1. The summed E-state index contributed by atoms with van der Waals surface area (Å²) in [5, 5.41) is 0.171. The van der Waals surface area contributed by atoms with Crippen LogP contribution in [0.1, 0.15) is 34.6 Å². The molecule has 1 aromatic carbocycles. The Labute approximate surface area is 142 Å². The Morgan fingerprint density at radius 3 is 2.14 bits per heavy atom. The monoisotopic (exact) mass is 334 g/mol. The summed E-state index contributed by atoms with van der Waals surface area (Å²) in [4.78, 5) is 1.28. The first-order chi connectivity index (χ1) is 9.99. The molecule has 0 saturated heterocycles. The molecule has 0 N–H and O–H groups in total. The lowest BCUT2D eigenvalue weighted by Gasteiger charge is -2.42. The van der Waals surface area contributed by atoms with Crippen molar-refractivity contribution in [2.45, 2.75) is 63.8 Å². The van der Waals surface area contributed by atoms with Gasteiger partial charge in [0.05, 0.1) is 0 Å². The van der Waals surface area contributed by atoms with E-state index < -0.39 is 8.32 Å². The smallest absolute Gasteiger partial charge is 0.193 e. The molecule has 0 aromatic heterocycles. The van der Waals surface area contributed by atoms with Gasteiger partial charge in [-0.2, -0.15) is 0 Å². The van der Waals surface area contributed by atoms with E-state index in [2.05, 4.69) is 77.9 Å². The SMILES string of the molecule is C#C[C@@H](O[Si](C)(C)C(C)(C)C)C(C)(C)CSc1ccccc1. The van der Waals surface area contributed by atoms with E-state index in [9.17, 15) is 0 Å². The van der Waals surface area contributed by atoms with Gasteiger partial charge in [0.1, 0.15) is 6.10 Å². The van der Waals surface area contributed by atoms with Crippen molar-refractivity contribution >= 4 is 20.1 Å². The quantitative estimate of drug-likeness (QED) is 0.368. The average Bonchev–Trinajstić information content (AvgIpc) is 2.42. The maximum Gasteiger partial charge on any atom is 0.193 e. The van der Waals surface area contributed by atoms with Crippen molar-refractivity contribution in [1.82, 2.24) is 0 Å². The zero-order chi connectivity index (χ0) is 17.0. The average molecular weight is 335 g/mol. The van der Waals surface area contributed by atoms with Crippen molar-refractivity contribution in [3.8, 4) is 12.3 Å². The molecule has 0 radical (unpaired) electrons. The lowest BCUT2D eigenvalue weighted by molar-refractivity contribution is 0.125. The molecule has 0 aliphatic carbocycles. The number of hydrogen-bond acceptors (Lipinski definition) is 2. The Bertz CT molecular complexity index is 508. The zero-order valence-corrected chi connectivity index (χ0v) is 16.9. The van der Waals surface area contributed by atoms with E-state index in [4.69, 9.17) is 10.8 Å². The molecule has 0 heterocycles. The van der Waals surface area contributed by atoms with Gasteiger partial charge in [-0.1, -0.05) is 58.7 Å². The lowest BCUT2D eigenvalue weighted by atomic mass is 9.89. The standard InChI is InChI=1S/C19H30OSSi/c1-9-17(20-22(7,8)18(2,3)4)19(5,6)15-21-16-13-11-10-12-14-16/h1,10-14,17H,15H2,2-8H3/t17-/m1/s1. The maximum atomic E-state index is 6.49. The highest BCUT2D eigenvalue weighted by Gasteiger charge is 2.42. The van der Waals surface area contributed by atoms with Gasteiger partial charge in [0.25, 0.3) is 0 Å². The third-order valence-corrected chi connectivity index (χ3v) is 10.4. The molecular weight excluding hydrogens is 304 g/mol. The molecule has 0 bridgehead atoms. The van der Waals surface area contributed by atoms with Crippen LogP contribution >= 0.6 is 11.8 Å². The number of benzene rings is 1. The largest absolute Gasteiger partial charge is 0.403 e. The fourth-order valence-electron chi connectivity index (χ4n) is 1.75. The Morgan fingerprint density at radius 2 is 1.68 bits per heavy atom. The van der Waals surface area contributed by atoms with Gasteiger partial charge in [-0.15, -0.1) is 18.2 Å². The van der Waals surface area contributed by atoms with Gasteiger partial charge < -0.3 is 4.43 Å². The molecule has 3 heteroatoms. The molecule has 1 rings (SSSR count). The summed E-state index contributed by atoms with van der Waals surface area (Å²) in [7, 11) is -1.86. The van der Waals surface area contributed by atoms with Crippen LogP contribution < -0.4 is 0 Å². The molecular formula is C19H30OSSi. The molecule has 1 atom stereocenters. The summed E-state index contributed by atoms with van der Waals surface area (Å²) < 4.78 is 6.49. The Morgan fingerprint density at radius 1 is 1.14 bits per heavy atom. The third kappa shape index (κ3) is 5.19. The van der Waals surface area contributed by atoms with E-state index in [1.807, 2.05) is 17.8 Å². The predicted molar refractivity (Wildman–Crippen MR) is 102 cm³/mol. The third-order valence-electron chi connectivity index (χ3n) is 4.43. The summed E-state index contributed by atoms with van der Waals surface area (Å²) in [5.74, 6) is 3.85. The fourth-order valence-corrected chi connectivity index (χ4v) is 4.12. The van der Waals surface area contributed by atoms with Gasteiger partial charge in [0.2, 0.25) is 0 Å². The molecule has 0 aliphatic rings. The van der Waals surface area contributed by atoms with E-state index in [1.165, 1.54) is 4.90 Å². The van der Waals surface area contributed by atoms with Gasteiger partial charge >= 0.3 is 0 Å². The van der Waals surface area contributed by atoms with Gasteiger partial charge in [-0.05, 0) is 30.3 Å². The first-order valence-corrected chi connectivity index (χ1v) is 11.7. The highest BCUT2D eigenvalue weighted by molar-refractivity contribution is 7.99. The second-order valence-corrected chi connectivity index (χ2v) is 13.8. The minimum atomic E-state index is -1.86. The topological polar surface area (TPSA) is 9.23 Å². The van der Waals surface area contributed by atoms with Crippen molar-refractivity contribution in [3.63, 3.8) is 0 Å². The second kappa shape index (κ2) is 7.25. The summed E-state index contributed by atoms with van der Waals surface area (Å²) in [6, 6.07) is 10.5. The summed E-state index contributed by atoms with van der Waals surface area (Å²) in [6.45, 7) is 15.7. The second-order valence-electron chi connectivity index (χ2n) is 8.02. The van der Waals surface area contributed by atoms with E-state index in [-0.39, 0.29) is 16.6 Å². The molecule has 0 unspecified atom stereocenters. The lowest BCUT2D eigenvalue weighted by Crippen LogP contribution is -2.48. The van der Waals surface area contributed by atoms with Crippen molar-refractivity contribution in [2.75, 3.05) is 5.75 Å². The van der Waals surface area contributed by atoms with E-state index in [1.54, 1.807) is 0 Å². The maximum absolute atomic E-state index is 6.49. The van der Waals surface area contributed by atoms with Gasteiger partial charge in [-0.25, -0.2) is 0 Å². The van der Waals surface area contributed by atoms with Crippen LogP contribution in [-0.2, 0) is 4.43 Å². The number of hydrogen-bond donors (Lipinski definition) is 0. The van der Waals surface area contributed by atoms with Crippen LogP contribution in [0.15, 0.2) is 35.2 Å². The minimum absolute atomic E-state index is 0.0647. The minimum Gasteiger partial charge on any atom is -0.403 e. The molecule has 0 fully saturated rings. The van der Waals surface area contributed by atoms with Crippen molar-refractivity contribution in [2.24, 2.45) is 5.41 Å². The van der Waals surface area contributed by atoms with Crippen LogP contribution in [0.25, 0.3) is 0 Å². The molecule has 0 saturated carbocycles. The van der Waals surface area contributed by atoms with Crippen molar-refractivity contribution in [1.29, 1.82) is 0 Å². The number of thioether (sulfide) groups is 1. The van der Waals surface area contributed by atoms with Crippen molar-refractivity contribution < 1.29 is 4.43 Å². The Balaban J connectivity index is 2.78. The molecule has 1 nitrogen and oxygen atoms in total. The molecule has 0 amide bonds. The van der Waals surface area contributed by atoms with Crippen LogP contribution in [0.3, 0.4) is 0 Å². The molecule has 1 aromatic rings. The highest BCUT2D eigenvalue weighted by atomic mass is 32.2. The van der Waals surface area contributed by atoms with E-state index in [0.717, 1.165) is 5.75 Å². The molecule has 122 valence electrons. The van der Waals surface area contributed by atoms with E-state index >= 15 is 0 Å². The first-order valence-electron chi connectivity index (χ1n) is 7.81. The number of rotatable bonds is 6.